The largest absolute Gasteiger partial charge is 0.416 e. The van der Waals surface area contributed by atoms with E-state index >= 15 is 0 Å². The van der Waals surface area contributed by atoms with Crippen molar-refractivity contribution in [1.29, 1.82) is 0 Å². The van der Waals surface area contributed by atoms with Crippen molar-refractivity contribution in [2.75, 3.05) is 40.0 Å². The van der Waals surface area contributed by atoms with Crippen molar-refractivity contribution in [3.05, 3.63) is 59.2 Å². The van der Waals surface area contributed by atoms with Gasteiger partial charge in [-0.15, -0.1) is 0 Å². The maximum absolute atomic E-state index is 14.6. The van der Waals surface area contributed by atoms with Gasteiger partial charge in [-0.25, -0.2) is 0 Å². The second-order valence-electron chi connectivity index (χ2n) is 15.6. The molecule has 2 spiro atoms. The summed E-state index contributed by atoms with van der Waals surface area (Å²) in [5.41, 5.74) is -3.84. The number of aliphatic hydroxyl groups excluding tert-OH is 3. The lowest BCUT2D eigenvalue weighted by Gasteiger charge is -2.71. The van der Waals surface area contributed by atoms with Gasteiger partial charge in [-0.2, -0.15) is 13.2 Å². The van der Waals surface area contributed by atoms with Gasteiger partial charge in [0.25, 0.3) is 0 Å². The Labute approximate surface area is 275 Å². The molecule has 0 radical (unpaired) electrons. The lowest BCUT2D eigenvalue weighted by Crippen LogP contribution is -2.67. The zero-order chi connectivity index (χ0) is 34.0. The van der Waals surface area contributed by atoms with Gasteiger partial charge in [0.05, 0.1) is 30.0 Å². The number of Topliss-reactive ketones (excluding diaryl/α,β-unsaturated/α-hetero) is 1. The highest BCUT2D eigenvalue weighted by Gasteiger charge is 2.74. The van der Waals surface area contributed by atoms with Crippen molar-refractivity contribution in [1.82, 2.24) is 4.90 Å². The van der Waals surface area contributed by atoms with Crippen molar-refractivity contribution in [2.45, 2.75) is 89.2 Å². The maximum Gasteiger partial charge on any atom is 0.416 e. The Kier molecular flexibility index (Phi) is 8.92. The molecule has 7 rings (SSSR count). The number of carbonyl (C=O) groups is 1. The summed E-state index contributed by atoms with van der Waals surface area (Å²) in [6.07, 6.45) is 5.34. The van der Waals surface area contributed by atoms with Crippen molar-refractivity contribution in [3.63, 3.8) is 0 Å². The van der Waals surface area contributed by atoms with Crippen LogP contribution in [0.25, 0.3) is 0 Å². The number of fused-ring (bicyclic) bond motifs is 1. The zero-order valence-corrected chi connectivity index (χ0v) is 27.7. The number of nitrogens with zero attached hydrogens (tertiary/aromatic N) is 1. The topological polar surface area (TPSA) is 110 Å². The summed E-state index contributed by atoms with van der Waals surface area (Å²) in [4.78, 5) is 16.6. The van der Waals surface area contributed by atoms with Gasteiger partial charge in [-0.05, 0) is 80.8 Å². The average Bonchev–Trinajstić information content (AvgIpc) is 3.30. The maximum atomic E-state index is 14.6. The minimum atomic E-state index is -4.59. The third-order valence-electron chi connectivity index (χ3n) is 13.4. The molecule has 47 heavy (non-hydrogen) atoms. The molecule has 0 aliphatic heterocycles. The SMILES string of the molecule is COCCCN(CC(O)CO)CC1(O)CCC2C34C=CC5(C=C3C(=O)c3cccc(C(F)(F)F)c3)CC(O)CCC5(C)C4CCC21C. The first-order chi connectivity index (χ1) is 22.1. The minimum Gasteiger partial charge on any atom is -0.394 e. The molecule has 9 unspecified atom stereocenters. The number of methoxy groups -OCH3 is 1. The van der Waals surface area contributed by atoms with E-state index in [0.29, 0.717) is 57.2 Å². The molecule has 10 heteroatoms. The van der Waals surface area contributed by atoms with Crippen molar-refractivity contribution in [3.8, 4) is 0 Å². The summed E-state index contributed by atoms with van der Waals surface area (Å²) in [7, 11) is 1.62. The van der Waals surface area contributed by atoms with E-state index in [9.17, 15) is 38.4 Å². The summed E-state index contributed by atoms with van der Waals surface area (Å²) < 4.78 is 46.6. The number of hydrogen-bond donors (Lipinski definition) is 4. The highest BCUT2D eigenvalue weighted by Crippen LogP contribution is 2.78. The van der Waals surface area contributed by atoms with Gasteiger partial charge >= 0.3 is 6.18 Å². The molecule has 0 aromatic heterocycles. The van der Waals surface area contributed by atoms with Crippen molar-refractivity contribution in [2.24, 2.45) is 33.5 Å². The van der Waals surface area contributed by atoms with Gasteiger partial charge in [0.2, 0.25) is 0 Å². The van der Waals surface area contributed by atoms with Crippen LogP contribution in [0.15, 0.2) is 48.1 Å². The van der Waals surface area contributed by atoms with Gasteiger partial charge in [0.1, 0.15) is 0 Å². The number of rotatable bonds is 11. The highest BCUT2D eigenvalue weighted by atomic mass is 19.4. The Bertz CT molecular complexity index is 1430. The van der Waals surface area contributed by atoms with Gasteiger partial charge in [-0.3, -0.25) is 9.69 Å². The van der Waals surface area contributed by atoms with E-state index in [0.717, 1.165) is 25.0 Å². The molecular weight excluding hydrogens is 611 g/mol. The molecule has 1 aromatic carbocycles. The van der Waals surface area contributed by atoms with Crippen LogP contribution in [0.3, 0.4) is 0 Å². The molecule has 3 saturated carbocycles. The van der Waals surface area contributed by atoms with E-state index in [4.69, 9.17) is 4.74 Å². The average molecular weight is 662 g/mol. The number of ether oxygens (including phenoxy) is 1. The number of benzene rings is 1. The fourth-order valence-electron chi connectivity index (χ4n) is 11.0. The van der Waals surface area contributed by atoms with Crippen LogP contribution in [0.5, 0.6) is 0 Å². The minimum absolute atomic E-state index is 0.00236. The molecule has 0 saturated heterocycles. The number of alkyl halides is 3. The molecule has 260 valence electrons. The molecule has 4 N–H and O–H groups in total. The number of aliphatic hydroxyl groups is 4. The number of hydrogen-bond acceptors (Lipinski definition) is 7. The number of halogens is 3. The van der Waals surface area contributed by atoms with Gasteiger partial charge < -0.3 is 25.2 Å². The molecule has 6 aliphatic rings. The number of ketones is 1. The van der Waals surface area contributed by atoms with E-state index in [2.05, 4.69) is 26.0 Å². The van der Waals surface area contributed by atoms with Crippen LogP contribution in [0.4, 0.5) is 13.2 Å². The Morgan fingerprint density at radius 2 is 1.79 bits per heavy atom. The lowest BCUT2D eigenvalue weighted by atomic mass is 9.32. The van der Waals surface area contributed by atoms with E-state index in [-0.39, 0.29) is 35.9 Å². The fraction of sp³-hybridized carbons (Fsp3) is 0.703. The fourth-order valence-corrected chi connectivity index (χ4v) is 11.0. The van der Waals surface area contributed by atoms with Crippen LogP contribution in [-0.2, 0) is 10.9 Å². The summed E-state index contributed by atoms with van der Waals surface area (Å²) in [6.45, 7) is 5.52. The van der Waals surface area contributed by atoms with Crippen LogP contribution in [0.1, 0.15) is 81.1 Å². The number of allylic oxidation sites excluding steroid dienone is 4. The zero-order valence-electron chi connectivity index (χ0n) is 27.7. The van der Waals surface area contributed by atoms with E-state index in [1.807, 2.05) is 11.0 Å². The predicted molar refractivity (Wildman–Crippen MR) is 170 cm³/mol. The number of carbonyl (C=O) groups excluding carboxylic acids is 1. The third-order valence-corrected chi connectivity index (χ3v) is 13.4. The molecule has 1 aromatic rings. The first kappa shape index (κ1) is 34.8. The van der Waals surface area contributed by atoms with Crippen LogP contribution >= 0.6 is 0 Å². The summed E-state index contributed by atoms with van der Waals surface area (Å²) in [5.74, 6) is -0.572. The Morgan fingerprint density at radius 1 is 1.09 bits per heavy atom. The Morgan fingerprint density at radius 3 is 2.49 bits per heavy atom. The van der Waals surface area contributed by atoms with Gasteiger partial charge in [0, 0.05) is 60.7 Å². The standard InChI is InChI=1S/C37H50F3NO6/c1-32-11-8-26(43)19-34(32)14-15-36(28(20-34)31(45)24-6-4-7-25(18-24)37(38,39)40)29(32)9-12-33(2)30(36)10-13-35(33,46)23-41(16-5-17-47-3)21-27(44)22-42/h4,6-7,14-15,18,20,26-27,29-30,42-44,46H,5,8-13,16-17,19,21-23H2,1-3H3. The molecule has 9 atom stereocenters. The van der Waals surface area contributed by atoms with E-state index in [1.165, 1.54) is 12.1 Å². The van der Waals surface area contributed by atoms with Gasteiger partial charge in [-0.1, -0.05) is 44.2 Å². The first-order valence-electron chi connectivity index (χ1n) is 17.2. The normalized spacial score (nSPS) is 39.7. The molecule has 0 heterocycles. The summed E-state index contributed by atoms with van der Waals surface area (Å²) in [5, 5.41) is 43.5. The second-order valence-corrected chi connectivity index (χ2v) is 15.6. The smallest absolute Gasteiger partial charge is 0.394 e. The molecule has 0 amide bonds. The Balaban J connectivity index is 1.44. The monoisotopic (exact) mass is 661 g/mol. The molecule has 6 aliphatic carbocycles. The molecule has 3 fully saturated rings. The summed E-state index contributed by atoms with van der Waals surface area (Å²) in [6, 6.07) is 4.67. The first-order valence-corrected chi connectivity index (χ1v) is 17.2. The lowest BCUT2D eigenvalue weighted by molar-refractivity contribution is -0.177. The van der Waals surface area contributed by atoms with Crippen LogP contribution in [0.2, 0.25) is 0 Å². The highest BCUT2D eigenvalue weighted by molar-refractivity contribution is 6.10. The quantitative estimate of drug-likeness (QED) is 0.147. The van der Waals surface area contributed by atoms with Gasteiger partial charge in [0.15, 0.2) is 5.78 Å². The van der Waals surface area contributed by atoms with E-state index < -0.39 is 58.2 Å². The molecule has 2 bridgehead atoms. The van der Waals surface area contributed by atoms with Crippen LogP contribution in [-0.4, -0.2) is 88.9 Å². The van der Waals surface area contributed by atoms with Crippen molar-refractivity contribution < 1.29 is 43.1 Å². The predicted octanol–water partition coefficient (Wildman–Crippen LogP) is 5.17. The molecule has 7 nitrogen and oxygen atoms in total. The third kappa shape index (κ3) is 5.28. The van der Waals surface area contributed by atoms with E-state index in [1.54, 1.807) is 7.11 Å². The van der Waals surface area contributed by atoms with Crippen LogP contribution < -0.4 is 0 Å². The molecular formula is C37H50F3NO6. The Hall–Kier alpha value is -2.08. The second kappa shape index (κ2) is 12.1. The summed E-state index contributed by atoms with van der Waals surface area (Å²) >= 11 is 0. The van der Waals surface area contributed by atoms with Crippen LogP contribution in [0, 0.1) is 33.5 Å². The van der Waals surface area contributed by atoms with Crippen molar-refractivity contribution >= 4 is 5.78 Å².